The summed E-state index contributed by atoms with van der Waals surface area (Å²) in [4.78, 5) is 23.1. The number of alkyl carbamates (subject to hydrolysis) is 1. The van der Waals surface area contributed by atoms with Crippen molar-refractivity contribution in [1.29, 1.82) is 0 Å². The van der Waals surface area contributed by atoms with Gasteiger partial charge in [0.15, 0.2) is 17.2 Å². The van der Waals surface area contributed by atoms with E-state index in [1.54, 1.807) is 13.0 Å². The molecule has 3 rings (SSSR count). The van der Waals surface area contributed by atoms with Gasteiger partial charge < -0.3 is 10.5 Å². The summed E-state index contributed by atoms with van der Waals surface area (Å²) >= 11 is 0. The number of nitrogens with zero attached hydrogens (tertiary/aromatic N) is 4. The summed E-state index contributed by atoms with van der Waals surface area (Å²) in [5.74, 6) is -0.305. The number of amides is 2. The Morgan fingerprint density at radius 3 is 2.90 bits per heavy atom. The van der Waals surface area contributed by atoms with Gasteiger partial charge in [-0.3, -0.25) is 10.1 Å². The van der Waals surface area contributed by atoms with Crippen LogP contribution in [0.1, 0.15) is 41.9 Å². The third-order valence-electron chi connectivity index (χ3n) is 3.13. The number of fused-ring (bicyclic) bond motifs is 1. The van der Waals surface area contributed by atoms with Gasteiger partial charge in [-0.2, -0.15) is 9.61 Å². The van der Waals surface area contributed by atoms with Crippen LogP contribution in [-0.4, -0.2) is 38.4 Å². The number of ether oxygens (including phenoxy) is 1. The Morgan fingerprint density at radius 2 is 2.24 bits per heavy atom. The van der Waals surface area contributed by atoms with Gasteiger partial charge in [0.05, 0.1) is 12.3 Å². The average Bonchev–Trinajstić information content (AvgIpc) is 3.19. The van der Waals surface area contributed by atoms with Crippen LogP contribution in [0, 0.1) is 0 Å². The van der Waals surface area contributed by atoms with E-state index >= 15 is 0 Å². The number of hydrogen-bond acceptors (Lipinski definition) is 7. The molecule has 0 saturated heterocycles. The van der Waals surface area contributed by atoms with E-state index in [4.69, 9.17) is 5.73 Å². The Balaban J connectivity index is 1.90. The molecule has 1 saturated carbocycles. The molecule has 1 aliphatic carbocycles. The fraction of sp³-hybridized carbons (Fsp3) is 0.417. The van der Waals surface area contributed by atoms with Gasteiger partial charge in [-0.25, -0.2) is 4.79 Å². The lowest BCUT2D eigenvalue weighted by Gasteiger charge is -2.05. The molecule has 2 aromatic heterocycles. The van der Waals surface area contributed by atoms with Gasteiger partial charge in [0.25, 0.3) is 5.91 Å². The highest BCUT2D eigenvalue weighted by molar-refractivity contribution is 6.04. The summed E-state index contributed by atoms with van der Waals surface area (Å²) in [6.07, 6.45) is 1.32. The molecule has 9 heteroatoms. The standard InChI is InChI=1S/C12H14N6O3/c1-2-21-12(20)14-11(19)9-10(13)18-8(15-16-9)5-7(17-18)6-3-4-6/h5-6H,2-4,13H2,1H3,(H,14,19,20). The van der Waals surface area contributed by atoms with Gasteiger partial charge in [-0.1, -0.05) is 0 Å². The molecule has 0 aliphatic heterocycles. The highest BCUT2D eigenvalue weighted by Crippen LogP contribution is 2.39. The zero-order valence-electron chi connectivity index (χ0n) is 11.4. The molecule has 0 bridgehead atoms. The van der Waals surface area contributed by atoms with E-state index in [1.807, 2.05) is 5.32 Å². The molecule has 0 spiro atoms. The molecule has 0 aromatic carbocycles. The molecule has 0 unspecified atom stereocenters. The number of anilines is 1. The Kier molecular flexibility index (Phi) is 3.16. The molecule has 1 aliphatic rings. The van der Waals surface area contributed by atoms with E-state index < -0.39 is 12.0 Å². The largest absolute Gasteiger partial charge is 0.450 e. The number of carbonyl (C=O) groups is 2. The monoisotopic (exact) mass is 290 g/mol. The molecule has 21 heavy (non-hydrogen) atoms. The van der Waals surface area contributed by atoms with Crippen molar-refractivity contribution in [3.05, 3.63) is 17.5 Å². The maximum Gasteiger partial charge on any atom is 0.414 e. The van der Waals surface area contributed by atoms with Crippen LogP contribution in [0.5, 0.6) is 0 Å². The molecule has 110 valence electrons. The summed E-state index contributed by atoms with van der Waals surface area (Å²) in [5, 5.41) is 14.0. The maximum absolute atomic E-state index is 11.9. The van der Waals surface area contributed by atoms with Crippen LogP contribution < -0.4 is 11.1 Å². The lowest BCUT2D eigenvalue weighted by molar-refractivity contribution is 0.0919. The molecule has 2 heterocycles. The van der Waals surface area contributed by atoms with Gasteiger partial charge in [-0.05, 0) is 19.8 Å². The van der Waals surface area contributed by atoms with Crippen molar-refractivity contribution in [3.8, 4) is 0 Å². The van der Waals surface area contributed by atoms with Gasteiger partial charge in [0.1, 0.15) is 0 Å². The van der Waals surface area contributed by atoms with Crippen LogP contribution in [0.25, 0.3) is 5.65 Å². The summed E-state index contributed by atoms with van der Waals surface area (Å²) in [6, 6.07) is 1.80. The molecule has 2 aromatic rings. The van der Waals surface area contributed by atoms with Crippen LogP contribution in [0.4, 0.5) is 10.6 Å². The van der Waals surface area contributed by atoms with E-state index in [1.165, 1.54) is 4.52 Å². The number of nitrogen functional groups attached to an aromatic ring is 1. The summed E-state index contributed by atoms with van der Waals surface area (Å²) in [7, 11) is 0. The first kappa shape index (κ1) is 13.3. The maximum atomic E-state index is 11.9. The molecular weight excluding hydrogens is 276 g/mol. The number of nitrogens with two attached hydrogens (primary N) is 1. The van der Waals surface area contributed by atoms with Crippen molar-refractivity contribution in [2.45, 2.75) is 25.7 Å². The zero-order chi connectivity index (χ0) is 15.0. The lowest BCUT2D eigenvalue weighted by atomic mass is 10.3. The number of rotatable bonds is 3. The Morgan fingerprint density at radius 1 is 1.48 bits per heavy atom. The van der Waals surface area contributed by atoms with Crippen molar-refractivity contribution in [1.82, 2.24) is 25.1 Å². The molecule has 0 radical (unpaired) electrons. The van der Waals surface area contributed by atoms with E-state index in [0.29, 0.717) is 11.6 Å². The lowest BCUT2D eigenvalue weighted by Crippen LogP contribution is -2.33. The van der Waals surface area contributed by atoms with Crippen LogP contribution in [0.2, 0.25) is 0 Å². The molecule has 0 atom stereocenters. The number of carbonyl (C=O) groups excluding carboxylic acids is 2. The first-order valence-corrected chi connectivity index (χ1v) is 6.60. The summed E-state index contributed by atoms with van der Waals surface area (Å²) in [5.41, 5.74) is 7.08. The summed E-state index contributed by atoms with van der Waals surface area (Å²) < 4.78 is 5.98. The normalized spacial score (nSPS) is 14.1. The average molecular weight is 290 g/mol. The Labute approximate surface area is 119 Å². The number of hydrogen-bond donors (Lipinski definition) is 2. The second-order valence-corrected chi connectivity index (χ2v) is 4.72. The molecule has 2 amide bonds. The quantitative estimate of drug-likeness (QED) is 0.841. The van der Waals surface area contributed by atoms with E-state index in [-0.39, 0.29) is 18.1 Å². The summed E-state index contributed by atoms with van der Waals surface area (Å²) in [6.45, 7) is 1.79. The first-order chi connectivity index (χ1) is 10.1. The Bertz CT molecular complexity index is 721. The predicted octanol–water partition coefficient (Wildman–Crippen LogP) is 0.470. The minimum Gasteiger partial charge on any atom is -0.450 e. The topological polar surface area (TPSA) is 124 Å². The van der Waals surface area contributed by atoms with E-state index in [9.17, 15) is 9.59 Å². The third kappa shape index (κ3) is 2.49. The number of imide groups is 1. The predicted molar refractivity (Wildman–Crippen MR) is 71.7 cm³/mol. The molecular formula is C12H14N6O3. The first-order valence-electron chi connectivity index (χ1n) is 6.60. The highest BCUT2D eigenvalue weighted by Gasteiger charge is 2.28. The number of nitrogens with one attached hydrogen (secondary N) is 1. The second kappa shape index (κ2) is 5.00. The van der Waals surface area contributed by atoms with Crippen molar-refractivity contribution in [2.24, 2.45) is 0 Å². The molecule has 1 fully saturated rings. The van der Waals surface area contributed by atoms with Crippen LogP contribution in [0.3, 0.4) is 0 Å². The zero-order valence-corrected chi connectivity index (χ0v) is 11.4. The smallest absolute Gasteiger partial charge is 0.414 e. The van der Waals surface area contributed by atoms with E-state index in [2.05, 4.69) is 20.0 Å². The van der Waals surface area contributed by atoms with Crippen LogP contribution in [-0.2, 0) is 4.74 Å². The van der Waals surface area contributed by atoms with Gasteiger partial charge in [-0.15, -0.1) is 10.2 Å². The minimum atomic E-state index is -0.858. The van der Waals surface area contributed by atoms with Crippen molar-refractivity contribution in [3.63, 3.8) is 0 Å². The minimum absolute atomic E-state index is 0.0358. The van der Waals surface area contributed by atoms with Crippen molar-refractivity contribution >= 4 is 23.5 Å². The van der Waals surface area contributed by atoms with Gasteiger partial charge >= 0.3 is 6.09 Å². The highest BCUT2D eigenvalue weighted by atomic mass is 16.5. The van der Waals surface area contributed by atoms with Crippen LogP contribution in [0.15, 0.2) is 6.07 Å². The Hall–Kier alpha value is -2.71. The van der Waals surface area contributed by atoms with Gasteiger partial charge in [0.2, 0.25) is 0 Å². The van der Waals surface area contributed by atoms with Crippen molar-refractivity contribution in [2.75, 3.05) is 12.3 Å². The molecule has 9 nitrogen and oxygen atoms in total. The third-order valence-corrected chi connectivity index (χ3v) is 3.13. The number of aromatic nitrogens is 4. The molecule has 3 N–H and O–H groups in total. The van der Waals surface area contributed by atoms with Crippen LogP contribution >= 0.6 is 0 Å². The fourth-order valence-corrected chi connectivity index (χ4v) is 1.95. The fourth-order valence-electron chi connectivity index (χ4n) is 1.95. The SMILES string of the molecule is CCOC(=O)NC(=O)c1nnc2cc(C3CC3)nn2c1N. The van der Waals surface area contributed by atoms with Gasteiger partial charge in [0, 0.05) is 12.0 Å². The van der Waals surface area contributed by atoms with Crippen molar-refractivity contribution < 1.29 is 14.3 Å². The second-order valence-electron chi connectivity index (χ2n) is 4.72. The van der Waals surface area contributed by atoms with E-state index in [0.717, 1.165) is 18.5 Å².